The van der Waals surface area contributed by atoms with Gasteiger partial charge < -0.3 is 9.84 Å². The van der Waals surface area contributed by atoms with Crippen LogP contribution in [0, 0.1) is 11.3 Å². The second-order valence-corrected chi connectivity index (χ2v) is 4.47. The first-order valence-electron chi connectivity index (χ1n) is 6.32. The molecule has 96 valence electrons. The van der Waals surface area contributed by atoms with Crippen LogP contribution < -0.4 is 4.74 Å². The van der Waals surface area contributed by atoms with Gasteiger partial charge >= 0.3 is 0 Å². The standard InChI is InChI=1S/C14H18N2O2/c15-10-12-4-1-2-6-14(12)18-9-8-16-7-3-5-13(16)11-17/h1-2,4,6,13,17H,3,5,7-9,11H2/t13-/m1/s1. The van der Waals surface area contributed by atoms with E-state index in [1.54, 1.807) is 6.07 Å². The zero-order chi connectivity index (χ0) is 12.8. The van der Waals surface area contributed by atoms with Crippen LogP contribution in [0.15, 0.2) is 24.3 Å². The molecule has 1 aliphatic heterocycles. The Hall–Kier alpha value is -1.57. The summed E-state index contributed by atoms with van der Waals surface area (Å²) in [6.07, 6.45) is 2.20. The Bertz CT molecular complexity index is 428. The van der Waals surface area contributed by atoms with Gasteiger partial charge in [0, 0.05) is 12.6 Å². The maximum absolute atomic E-state index is 9.21. The average Bonchev–Trinajstić information content (AvgIpc) is 2.87. The molecule has 0 saturated carbocycles. The van der Waals surface area contributed by atoms with Crippen molar-refractivity contribution >= 4 is 0 Å². The van der Waals surface area contributed by atoms with E-state index in [4.69, 9.17) is 10.00 Å². The van der Waals surface area contributed by atoms with Crippen molar-refractivity contribution in [3.05, 3.63) is 29.8 Å². The van der Waals surface area contributed by atoms with Crippen LogP contribution in [0.5, 0.6) is 5.75 Å². The molecule has 1 saturated heterocycles. The van der Waals surface area contributed by atoms with E-state index >= 15 is 0 Å². The van der Waals surface area contributed by atoms with Crippen molar-refractivity contribution in [2.75, 3.05) is 26.3 Å². The van der Waals surface area contributed by atoms with Gasteiger partial charge in [0.15, 0.2) is 0 Å². The molecule has 0 aliphatic carbocycles. The largest absolute Gasteiger partial charge is 0.491 e. The molecule has 4 heteroatoms. The fourth-order valence-electron chi connectivity index (χ4n) is 2.35. The summed E-state index contributed by atoms with van der Waals surface area (Å²) in [6, 6.07) is 9.65. The Balaban J connectivity index is 1.83. The molecule has 4 nitrogen and oxygen atoms in total. The highest BCUT2D eigenvalue weighted by Gasteiger charge is 2.23. The number of hydrogen-bond acceptors (Lipinski definition) is 4. The summed E-state index contributed by atoms with van der Waals surface area (Å²) in [5, 5.41) is 18.1. The Labute approximate surface area is 107 Å². The molecule has 0 bridgehead atoms. The zero-order valence-corrected chi connectivity index (χ0v) is 10.4. The number of para-hydroxylation sites is 1. The number of likely N-dealkylation sites (tertiary alicyclic amines) is 1. The molecule has 0 unspecified atom stereocenters. The predicted molar refractivity (Wildman–Crippen MR) is 68.3 cm³/mol. The minimum atomic E-state index is 0.217. The third kappa shape index (κ3) is 3.00. The van der Waals surface area contributed by atoms with E-state index in [1.807, 2.05) is 18.2 Å². The maximum atomic E-state index is 9.21. The maximum Gasteiger partial charge on any atom is 0.137 e. The van der Waals surface area contributed by atoms with E-state index in [2.05, 4.69) is 11.0 Å². The molecule has 1 fully saturated rings. The smallest absolute Gasteiger partial charge is 0.137 e. The molecule has 0 amide bonds. The molecular weight excluding hydrogens is 228 g/mol. The van der Waals surface area contributed by atoms with Gasteiger partial charge in [0.2, 0.25) is 0 Å². The Morgan fingerprint density at radius 2 is 2.28 bits per heavy atom. The van der Waals surface area contributed by atoms with E-state index in [0.717, 1.165) is 25.9 Å². The lowest BCUT2D eigenvalue weighted by Gasteiger charge is -2.22. The van der Waals surface area contributed by atoms with Gasteiger partial charge in [-0.3, -0.25) is 4.90 Å². The summed E-state index contributed by atoms with van der Waals surface area (Å²) in [6.45, 7) is 2.59. The number of aliphatic hydroxyl groups is 1. The van der Waals surface area contributed by atoms with Gasteiger partial charge in [0.05, 0.1) is 12.2 Å². The van der Waals surface area contributed by atoms with Crippen LogP contribution in [0.2, 0.25) is 0 Å². The minimum Gasteiger partial charge on any atom is -0.491 e. The summed E-state index contributed by atoms with van der Waals surface area (Å²) in [7, 11) is 0. The fourth-order valence-corrected chi connectivity index (χ4v) is 2.35. The molecule has 1 N–H and O–H groups in total. The van der Waals surface area contributed by atoms with Crippen LogP contribution in [0.4, 0.5) is 0 Å². The second kappa shape index (κ2) is 6.39. The number of nitriles is 1. The lowest BCUT2D eigenvalue weighted by molar-refractivity contribution is 0.139. The third-order valence-electron chi connectivity index (χ3n) is 3.35. The van der Waals surface area contributed by atoms with E-state index in [9.17, 15) is 5.11 Å². The molecule has 1 aromatic carbocycles. The highest BCUT2D eigenvalue weighted by molar-refractivity contribution is 5.42. The molecule has 1 aromatic rings. The van der Waals surface area contributed by atoms with Gasteiger partial charge in [-0.1, -0.05) is 12.1 Å². The third-order valence-corrected chi connectivity index (χ3v) is 3.35. The molecule has 18 heavy (non-hydrogen) atoms. The SMILES string of the molecule is N#Cc1ccccc1OCCN1CCC[C@@H]1CO. The summed E-state index contributed by atoms with van der Waals surface area (Å²) in [4.78, 5) is 2.25. The lowest BCUT2D eigenvalue weighted by atomic mass is 10.2. The number of nitrogens with zero attached hydrogens (tertiary/aromatic N) is 2. The summed E-state index contributed by atoms with van der Waals surface area (Å²) >= 11 is 0. The van der Waals surface area contributed by atoms with Crippen molar-refractivity contribution in [2.45, 2.75) is 18.9 Å². The first-order chi connectivity index (χ1) is 8.85. The summed E-state index contributed by atoms with van der Waals surface area (Å²) in [5.41, 5.74) is 0.567. The zero-order valence-electron chi connectivity index (χ0n) is 10.4. The number of aliphatic hydroxyl groups excluding tert-OH is 1. The van der Waals surface area contributed by atoms with Crippen LogP contribution in [0.3, 0.4) is 0 Å². The summed E-state index contributed by atoms with van der Waals surface area (Å²) in [5.74, 6) is 0.639. The minimum absolute atomic E-state index is 0.217. The highest BCUT2D eigenvalue weighted by Crippen LogP contribution is 2.18. The van der Waals surface area contributed by atoms with Crippen molar-refractivity contribution in [1.82, 2.24) is 4.90 Å². The predicted octanol–water partition coefficient (Wildman–Crippen LogP) is 1.39. The topological polar surface area (TPSA) is 56.5 Å². The van der Waals surface area contributed by atoms with Crippen molar-refractivity contribution in [2.24, 2.45) is 0 Å². The van der Waals surface area contributed by atoms with Gasteiger partial charge in [0.1, 0.15) is 18.4 Å². The lowest BCUT2D eigenvalue weighted by Crippen LogP contribution is -2.35. The molecule has 1 aliphatic rings. The van der Waals surface area contributed by atoms with Gasteiger partial charge in [-0.05, 0) is 31.5 Å². The van der Waals surface area contributed by atoms with Crippen LogP contribution in [-0.4, -0.2) is 42.4 Å². The second-order valence-electron chi connectivity index (χ2n) is 4.47. The molecule has 2 rings (SSSR count). The molecule has 0 spiro atoms. The van der Waals surface area contributed by atoms with E-state index < -0.39 is 0 Å². The molecule has 0 radical (unpaired) electrons. The van der Waals surface area contributed by atoms with Crippen molar-refractivity contribution in [3.8, 4) is 11.8 Å². The highest BCUT2D eigenvalue weighted by atomic mass is 16.5. The quantitative estimate of drug-likeness (QED) is 0.853. The van der Waals surface area contributed by atoms with Gasteiger partial charge in [-0.15, -0.1) is 0 Å². The molecule has 1 heterocycles. The van der Waals surface area contributed by atoms with Crippen LogP contribution in [-0.2, 0) is 0 Å². The number of benzene rings is 1. The first-order valence-corrected chi connectivity index (χ1v) is 6.32. The van der Waals surface area contributed by atoms with Gasteiger partial charge in [-0.25, -0.2) is 0 Å². The molecule has 0 aromatic heterocycles. The molecular formula is C14H18N2O2. The number of rotatable bonds is 5. The first kappa shape index (κ1) is 12.9. The number of hydrogen-bond donors (Lipinski definition) is 1. The van der Waals surface area contributed by atoms with Crippen molar-refractivity contribution in [1.29, 1.82) is 5.26 Å². The average molecular weight is 246 g/mol. The Morgan fingerprint density at radius 1 is 1.44 bits per heavy atom. The van der Waals surface area contributed by atoms with Crippen LogP contribution >= 0.6 is 0 Å². The fraction of sp³-hybridized carbons (Fsp3) is 0.500. The monoisotopic (exact) mass is 246 g/mol. The van der Waals surface area contributed by atoms with E-state index in [1.165, 1.54) is 0 Å². The van der Waals surface area contributed by atoms with Crippen molar-refractivity contribution < 1.29 is 9.84 Å². The van der Waals surface area contributed by atoms with E-state index in [-0.39, 0.29) is 12.6 Å². The van der Waals surface area contributed by atoms with Gasteiger partial charge in [-0.2, -0.15) is 5.26 Å². The Morgan fingerprint density at radius 3 is 3.06 bits per heavy atom. The van der Waals surface area contributed by atoms with Crippen LogP contribution in [0.1, 0.15) is 18.4 Å². The van der Waals surface area contributed by atoms with Crippen LogP contribution in [0.25, 0.3) is 0 Å². The Kier molecular flexibility index (Phi) is 4.57. The van der Waals surface area contributed by atoms with Crippen molar-refractivity contribution in [3.63, 3.8) is 0 Å². The molecule has 1 atom stereocenters. The number of ether oxygens (including phenoxy) is 1. The summed E-state index contributed by atoms with van der Waals surface area (Å²) < 4.78 is 5.64. The normalized spacial score (nSPS) is 19.7. The van der Waals surface area contributed by atoms with Gasteiger partial charge in [0.25, 0.3) is 0 Å². The van der Waals surface area contributed by atoms with E-state index in [0.29, 0.717) is 17.9 Å².